The van der Waals surface area contributed by atoms with Crippen LogP contribution >= 0.6 is 0 Å². The molecule has 2 aromatic heterocycles. The summed E-state index contributed by atoms with van der Waals surface area (Å²) < 4.78 is 1.78. The molecule has 0 N–H and O–H groups in total. The van der Waals surface area contributed by atoms with Crippen LogP contribution in [-0.2, 0) is 0 Å². The van der Waals surface area contributed by atoms with Gasteiger partial charge in [-0.3, -0.25) is 9.20 Å². The van der Waals surface area contributed by atoms with E-state index in [1.54, 1.807) is 10.5 Å². The van der Waals surface area contributed by atoms with Gasteiger partial charge in [0.15, 0.2) is 0 Å². The fourth-order valence-electron chi connectivity index (χ4n) is 4.32. The highest BCUT2D eigenvalue weighted by Crippen LogP contribution is 2.42. The molecule has 0 radical (unpaired) electrons. The average molecular weight is 402 g/mol. The van der Waals surface area contributed by atoms with Gasteiger partial charge in [-0.25, -0.2) is 0 Å². The Morgan fingerprint density at radius 3 is 1.81 bits per heavy atom. The van der Waals surface area contributed by atoms with Crippen molar-refractivity contribution < 1.29 is 0 Å². The fraction of sp³-hybridized carbons (Fsp3) is 0.0690. The summed E-state index contributed by atoms with van der Waals surface area (Å²) in [5.74, 6) is 0. The number of aryl methyl sites for hydroxylation is 2. The summed E-state index contributed by atoms with van der Waals surface area (Å²) in [4.78, 5) is 12.9. The Labute approximate surface area is 182 Å². The lowest BCUT2D eigenvalue weighted by Gasteiger charge is -2.20. The van der Waals surface area contributed by atoms with Crippen LogP contribution < -0.4 is 5.56 Å². The van der Waals surface area contributed by atoms with Crippen molar-refractivity contribution in [3.63, 3.8) is 0 Å². The van der Waals surface area contributed by atoms with Gasteiger partial charge < -0.3 is 0 Å². The molecular formula is C29H23NO. The molecular weight excluding hydrogens is 378 g/mol. The SMILES string of the molecule is Cc1cccc(-c2c(-c3ccccc3)cn3c(=O)cccc3c2-c2cccc(C)c2)c1. The standard InChI is InChI=1S/C29H23NO/c1-20-9-6-13-23(17-20)28-25(22-11-4-3-5-12-22)19-30-26(15-8-16-27(30)31)29(28)24-14-7-10-21(2)18-24/h3-19H,1-2H3. The van der Waals surface area contributed by atoms with Crippen molar-refractivity contribution >= 4 is 5.52 Å². The summed E-state index contributed by atoms with van der Waals surface area (Å²) in [6, 6.07) is 32.9. The second-order valence-electron chi connectivity index (χ2n) is 8.02. The molecule has 3 aromatic carbocycles. The quantitative estimate of drug-likeness (QED) is 0.322. The molecule has 2 nitrogen and oxygen atoms in total. The molecule has 0 unspecified atom stereocenters. The van der Waals surface area contributed by atoms with Crippen LogP contribution in [0.4, 0.5) is 0 Å². The Hall–Kier alpha value is -3.91. The Bertz CT molecular complexity index is 1460. The van der Waals surface area contributed by atoms with Gasteiger partial charge in [0.1, 0.15) is 0 Å². The second kappa shape index (κ2) is 7.73. The number of pyridine rings is 2. The van der Waals surface area contributed by atoms with Gasteiger partial charge in [0.25, 0.3) is 5.56 Å². The van der Waals surface area contributed by atoms with Crippen LogP contribution in [0.15, 0.2) is 108 Å². The molecule has 2 heteroatoms. The zero-order valence-corrected chi connectivity index (χ0v) is 17.7. The van der Waals surface area contributed by atoms with Crippen LogP contribution in [0, 0.1) is 13.8 Å². The lowest BCUT2D eigenvalue weighted by Crippen LogP contribution is -2.13. The van der Waals surface area contributed by atoms with Crippen molar-refractivity contribution in [3.8, 4) is 33.4 Å². The number of fused-ring (bicyclic) bond motifs is 1. The zero-order valence-electron chi connectivity index (χ0n) is 17.7. The smallest absolute Gasteiger partial charge is 0.255 e. The van der Waals surface area contributed by atoms with Crippen LogP contribution in [0.2, 0.25) is 0 Å². The number of rotatable bonds is 3. The summed E-state index contributed by atoms with van der Waals surface area (Å²) >= 11 is 0. The number of benzene rings is 3. The van der Waals surface area contributed by atoms with Crippen molar-refractivity contribution in [2.45, 2.75) is 13.8 Å². The van der Waals surface area contributed by atoms with Crippen LogP contribution in [0.25, 0.3) is 38.9 Å². The highest BCUT2D eigenvalue weighted by molar-refractivity contribution is 6.01. The third-order valence-corrected chi connectivity index (χ3v) is 5.72. The number of aromatic nitrogens is 1. The van der Waals surface area contributed by atoms with Crippen molar-refractivity contribution in [3.05, 3.63) is 125 Å². The third-order valence-electron chi connectivity index (χ3n) is 5.72. The molecule has 0 bridgehead atoms. The maximum absolute atomic E-state index is 12.9. The van der Waals surface area contributed by atoms with E-state index in [4.69, 9.17) is 0 Å². The van der Waals surface area contributed by atoms with Gasteiger partial charge in [-0.05, 0) is 36.6 Å². The van der Waals surface area contributed by atoms with E-state index in [1.165, 1.54) is 11.1 Å². The van der Waals surface area contributed by atoms with E-state index in [9.17, 15) is 4.79 Å². The molecule has 0 fully saturated rings. The van der Waals surface area contributed by atoms with Crippen LogP contribution in [0.3, 0.4) is 0 Å². The Morgan fingerprint density at radius 1 is 0.581 bits per heavy atom. The van der Waals surface area contributed by atoms with Crippen molar-refractivity contribution in [1.82, 2.24) is 4.40 Å². The van der Waals surface area contributed by atoms with Gasteiger partial charge in [-0.15, -0.1) is 0 Å². The van der Waals surface area contributed by atoms with Crippen LogP contribution in [0.5, 0.6) is 0 Å². The zero-order chi connectivity index (χ0) is 21.4. The molecule has 2 heterocycles. The molecule has 150 valence electrons. The van der Waals surface area contributed by atoms with E-state index in [-0.39, 0.29) is 5.56 Å². The molecule has 0 saturated carbocycles. The normalized spacial score (nSPS) is 11.0. The maximum atomic E-state index is 12.9. The van der Waals surface area contributed by atoms with E-state index in [1.807, 2.05) is 36.5 Å². The van der Waals surface area contributed by atoms with Gasteiger partial charge in [0, 0.05) is 29.0 Å². The Balaban J connectivity index is 2.02. The van der Waals surface area contributed by atoms with E-state index in [0.29, 0.717) is 0 Å². The molecule has 31 heavy (non-hydrogen) atoms. The fourth-order valence-corrected chi connectivity index (χ4v) is 4.32. The summed E-state index contributed by atoms with van der Waals surface area (Å²) in [5.41, 5.74) is 9.89. The Kier molecular flexibility index (Phi) is 4.76. The molecule has 0 atom stereocenters. The van der Waals surface area contributed by atoms with E-state index in [2.05, 4.69) is 74.5 Å². The molecule has 0 aliphatic rings. The minimum atomic E-state index is -0.0284. The predicted octanol–water partition coefficient (Wildman–Crippen LogP) is 6.92. The minimum absolute atomic E-state index is 0.0284. The highest BCUT2D eigenvalue weighted by atomic mass is 16.1. The molecule has 0 amide bonds. The first kappa shape index (κ1) is 19.1. The van der Waals surface area contributed by atoms with Gasteiger partial charge in [-0.2, -0.15) is 0 Å². The molecule has 0 aliphatic heterocycles. The van der Waals surface area contributed by atoms with E-state index in [0.717, 1.165) is 38.9 Å². The summed E-state index contributed by atoms with van der Waals surface area (Å²) in [6.07, 6.45) is 1.99. The van der Waals surface area contributed by atoms with Crippen molar-refractivity contribution in [1.29, 1.82) is 0 Å². The summed E-state index contributed by atoms with van der Waals surface area (Å²) in [7, 11) is 0. The average Bonchev–Trinajstić information content (AvgIpc) is 2.79. The second-order valence-corrected chi connectivity index (χ2v) is 8.02. The molecule has 0 saturated heterocycles. The first-order valence-corrected chi connectivity index (χ1v) is 10.5. The third kappa shape index (κ3) is 3.47. The number of hydrogen-bond acceptors (Lipinski definition) is 1. The van der Waals surface area contributed by atoms with Crippen LogP contribution in [0.1, 0.15) is 11.1 Å². The van der Waals surface area contributed by atoms with Gasteiger partial charge in [0.05, 0.1) is 5.52 Å². The van der Waals surface area contributed by atoms with Crippen molar-refractivity contribution in [2.24, 2.45) is 0 Å². The number of nitrogens with zero attached hydrogens (tertiary/aromatic N) is 1. The lowest BCUT2D eigenvalue weighted by molar-refractivity contribution is 1.10. The highest BCUT2D eigenvalue weighted by Gasteiger charge is 2.19. The van der Waals surface area contributed by atoms with E-state index < -0.39 is 0 Å². The lowest BCUT2D eigenvalue weighted by atomic mass is 9.87. The van der Waals surface area contributed by atoms with Crippen molar-refractivity contribution in [2.75, 3.05) is 0 Å². The van der Waals surface area contributed by atoms with Gasteiger partial charge >= 0.3 is 0 Å². The van der Waals surface area contributed by atoms with Gasteiger partial charge in [0.2, 0.25) is 0 Å². The molecule has 0 aliphatic carbocycles. The first-order valence-electron chi connectivity index (χ1n) is 10.5. The van der Waals surface area contributed by atoms with Crippen LogP contribution in [-0.4, -0.2) is 4.40 Å². The Morgan fingerprint density at radius 2 is 1.16 bits per heavy atom. The monoisotopic (exact) mass is 401 g/mol. The maximum Gasteiger partial charge on any atom is 0.255 e. The topological polar surface area (TPSA) is 21.5 Å². The van der Waals surface area contributed by atoms with Gasteiger partial charge in [-0.1, -0.05) is 96.1 Å². The molecule has 5 rings (SSSR count). The van der Waals surface area contributed by atoms with E-state index >= 15 is 0 Å². The minimum Gasteiger partial charge on any atom is -0.283 e. The molecule has 0 spiro atoms. The number of hydrogen-bond donors (Lipinski definition) is 0. The largest absolute Gasteiger partial charge is 0.283 e. The predicted molar refractivity (Wildman–Crippen MR) is 129 cm³/mol. The first-order chi connectivity index (χ1) is 15.1. The summed E-state index contributed by atoms with van der Waals surface area (Å²) in [5, 5.41) is 0. The summed E-state index contributed by atoms with van der Waals surface area (Å²) in [6.45, 7) is 4.22. The molecule has 5 aromatic rings.